The van der Waals surface area contributed by atoms with Gasteiger partial charge in [0.1, 0.15) is 0 Å². The predicted octanol–water partition coefficient (Wildman–Crippen LogP) is 2.34. The summed E-state index contributed by atoms with van der Waals surface area (Å²) in [5.74, 6) is -0.443. The Morgan fingerprint density at radius 3 is 2.67 bits per heavy atom. The molecule has 0 amide bonds. The first-order chi connectivity index (χ1) is 9.79. The highest BCUT2D eigenvalue weighted by molar-refractivity contribution is 7.88. The summed E-state index contributed by atoms with van der Waals surface area (Å²) in [7, 11) is -5.75. The Morgan fingerprint density at radius 2 is 1.95 bits per heavy atom. The molecule has 110 valence electrons. The number of aromatic nitrogens is 3. The second-order valence-electron chi connectivity index (χ2n) is 4.05. The topological polar surface area (TPSA) is 84.9 Å². The highest BCUT2D eigenvalue weighted by Crippen LogP contribution is 2.34. The van der Waals surface area contributed by atoms with Gasteiger partial charge in [0.15, 0.2) is 11.4 Å². The first-order valence-electron chi connectivity index (χ1n) is 5.51. The number of rotatable bonds is 2. The van der Waals surface area contributed by atoms with Crippen LogP contribution in [0.2, 0.25) is 0 Å². The highest BCUT2D eigenvalue weighted by atomic mass is 32.2. The van der Waals surface area contributed by atoms with Crippen LogP contribution in [0, 0.1) is 0 Å². The van der Waals surface area contributed by atoms with Crippen LogP contribution in [0.5, 0.6) is 5.75 Å². The van der Waals surface area contributed by atoms with Crippen LogP contribution in [0.4, 0.5) is 13.2 Å². The first kappa shape index (κ1) is 13.6. The van der Waals surface area contributed by atoms with E-state index in [9.17, 15) is 21.6 Å². The van der Waals surface area contributed by atoms with Crippen LogP contribution in [0.25, 0.3) is 21.9 Å². The molecule has 3 aromatic heterocycles. The molecule has 0 fully saturated rings. The predicted molar refractivity (Wildman–Crippen MR) is 67.0 cm³/mol. The average molecular weight is 317 g/mol. The van der Waals surface area contributed by atoms with Crippen molar-refractivity contribution in [1.29, 1.82) is 0 Å². The van der Waals surface area contributed by atoms with Gasteiger partial charge in [-0.1, -0.05) is 0 Å². The number of nitrogens with one attached hydrogen (secondary N) is 1. The van der Waals surface area contributed by atoms with Crippen molar-refractivity contribution in [2.75, 3.05) is 0 Å². The van der Waals surface area contributed by atoms with Crippen molar-refractivity contribution >= 4 is 32.1 Å². The zero-order chi connectivity index (χ0) is 15.3. The van der Waals surface area contributed by atoms with Gasteiger partial charge in [0.2, 0.25) is 0 Å². The van der Waals surface area contributed by atoms with Gasteiger partial charge in [-0.2, -0.15) is 21.6 Å². The quantitative estimate of drug-likeness (QED) is 0.579. The van der Waals surface area contributed by atoms with Crippen molar-refractivity contribution in [3.8, 4) is 5.75 Å². The lowest BCUT2D eigenvalue weighted by molar-refractivity contribution is -0.0499. The first-order valence-corrected chi connectivity index (χ1v) is 6.92. The fourth-order valence-corrected chi connectivity index (χ4v) is 2.33. The highest BCUT2D eigenvalue weighted by Gasteiger charge is 2.48. The van der Waals surface area contributed by atoms with E-state index in [2.05, 4.69) is 19.1 Å². The van der Waals surface area contributed by atoms with Gasteiger partial charge in [0.25, 0.3) is 0 Å². The Bertz CT molecular complexity index is 934. The third-order valence-electron chi connectivity index (χ3n) is 2.74. The number of pyridine rings is 2. The number of hydrogen-bond acceptors (Lipinski definition) is 5. The maximum atomic E-state index is 12.4. The third kappa shape index (κ3) is 2.17. The van der Waals surface area contributed by atoms with Gasteiger partial charge >= 0.3 is 15.6 Å². The third-order valence-corrected chi connectivity index (χ3v) is 3.70. The molecular weight excluding hydrogens is 311 g/mol. The summed E-state index contributed by atoms with van der Waals surface area (Å²) in [5, 5.41) is 0.546. The number of nitrogens with zero attached hydrogens (tertiary/aromatic N) is 2. The average Bonchev–Trinajstić information content (AvgIpc) is 2.85. The Morgan fingerprint density at radius 1 is 1.19 bits per heavy atom. The summed E-state index contributed by atoms with van der Waals surface area (Å²) < 4.78 is 63.8. The molecule has 0 aliphatic heterocycles. The monoisotopic (exact) mass is 317 g/mol. The zero-order valence-corrected chi connectivity index (χ0v) is 10.9. The number of halogens is 3. The van der Waals surface area contributed by atoms with Crippen molar-refractivity contribution < 1.29 is 25.8 Å². The molecule has 0 unspecified atom stereocenters. The second kappa shape index (κ2) is 4.32. The van der Waals surface area contributed by atoms with Crippen molar-refractivity contribution in [3.63, 3.8) is 0 Å². The minimum absolute atomic E-state index is 0.160. The number of fused-ring (bicyclic) bond motifs is 3. The van der Waals surface area contributed by atoms with Crippen LogP contribution in [0.3, 0.4) is 0 Å². The van der Waals surface area contributed by atoms with Gasteiger partial charge in [-0.05, 0) is 12.1 Å². The smallest absolute Gasteiger partial charge is 0.375 e. The van der Waals surface area contributed by atoms with Crippen LogP contribution in [-0.4, -0.2) is 28.9 Å². The molecule has 0 atom stereocenters. The van der Waals surface area contributed by atoms with E-state index in [4.69, 9.17) is 0 Å². The molecule has 21 heavy (non-hydrogen) atoms. The fraction of sp³-hybridized carbons (Fsp3) is 0.0909. The number of hydrogen-bond donors (Lipinski definition) is 1. The number of alkyl halides is 3. The largest absolute Gasteiger partial charge is 0.534 e. The van der Waals surface area contributed by atoms with E-state index >= 15 is 0 Å². The summed E-state index contributed by atoms with van der Waals surface area (Å²) in [5.41, 5.74) is -4.91. The molecule has 0 aliphatic rings. The van der Waals surface area contributed by atoms with Crippen LogP contribution >= 0.6 is 0 Å². The van der Waals surface area contributed by atoms with Crippen LogP contribution in [0.1, 0.15) is 0 Å². The normalized spacial score (nSPS) is 12.9. The SMILES string of the molecule is O=S(=O)(Oc1cc[nH]c2cnc3nccc3c12)C(F)(F)F. The van der Waals surface area contributed by atoms with Gasteiger partial charge in [-0.3, -0.25) is 0 Å². The van der Waals surface area contributed by atoms with Crippen molar-refractivity contribution in [2.45, 2.75) is 5.51 Å². The van der Waals surface area contributed by atoms with E-state index in [0.29, 0.717) is 10.9 Å². The zero-order valence-electron chi connectivity index (χ0n) is 10.0. The fourth-order valence-electron chi connectivity index (χ4n) is 1.86. The summed E-state index contributed by atoms with van der Waals surface area (Å²) in [4.78, 5) is 10.6. The Balaban J connectivity index is 2.26. The molecule has 0 saturated heterocycles. The minimum Gasteiger partial charge on any atom is -0.375 e. The standard InChI is InChI=1S/C11H6F3N3O3S/c12-11(13,14)21(18,19)20-8-2-4-15-7-5-17-10-6(9(7)8)1-3-16-10/h1-5,15H. The molecule has 0 aromatic carbocycles. The number of H-pyrrole nitrogens is 1. The van der Waals surface area contributed by atoms with Gasteiger partial charge in [-0.25, -0.2) is 9.97 Å². The lowest BCUT2D eigenvalue weighted by Gasteiger charge is -2.11. The molecule has 0 spiro atoms. The van der Waals surface area contributed by atoms with Gasteiger partial charge in [0, 0.05) is 17.8 Å². The second-order valence-corrected chi connectivity index (χ2v) is 5.59. The Kier molecular flexibility index (Phi) is 2.80. The molecular formula is C11H6F3N3O3S. The van der Waals surface area contributed by atoms with Crippen LogP contribution in [0.15, 0.2) is 30.7 Å². The molecule has 0 radical (unpaired) electrons. The van der Waals surface area contributed by atoms with Crippen LogP contribution in [-0.2, 0) is 10.1 Å². The lowest BCUT2D eigenvalue weighted by atomic mass is 10.2. The number of aromatic amines is 1. The molecule has 0 aliphatic carbocycles. The van der Waals surface area contributed by atoms with Crippen molar-refractivity contribution in [2.24, 2.45) is 0 Å². The molecule has 10 heteroatoms. The van der Waals surface area contributed by atoms with E-state index in [0.717, 1.165) is 6.07 Å². The summed E-state index contributed by atoms with van der Waals surface area (Å²) in [6.07, 6.45) is 4.00. The Hall–Kier alpha value is -2.36. The molecule has 3 rings (SSSR count). The molecule has 3 aromatic rings. The molecule has 0 bridgehead atoms. The van der Waals surface area contributed by atoms with Gasteiger partial charge in [-0.15, -0.1) is 0 Å². The Labute approximate surface area is 115 Å². The van der Waals surface area contributed by atoms with E-state index in [1.807, 2.05) is 0 Å². The van der Waals surface area contributed by atoms with E-state index < -0.39 is 21.4 Å². The molecule has 1 N–H and O–H groups in total. The summed E-state index contributed by atoms with van der Waals surface area (Å²) in [6.45, 7) is 0. The van der Waals surface area contributed by atoms with Gasteiger partial charge in [0.05, 0.1) is 17.1 Å². The minimum atomic E-state index is -5.75. The summed E-state index contributed by atoms with van der Waals surface area (Å²) >= 11 is 0. The van der Waals surface area contributed by atoms with Gasteiger partial charge < -0.3 is 9.17 Å². The van der Waals surface area contributed by atoms with E-state index in [-0.39, 0.29) is 11.0 Å². The van der Waals surface area contributed by atoms with Crippen LogP contribution < -0.4 is 4.18 Å². The van der Waals surface area contributed by atoms with E-state index in [1.54, 1.807) is 0 Å². The van der Waals surface area contributed by atoms with Crippen molar-refractivity contribution in [1.82, 2.24) is 15.0 Å². The van der Waals surface area contributed by atoms with Crippen molar-refractivity contribution in [3.05, 3.63) is 30.7 Å². The molecule has 0 saturated carbocycles. The maximum absolute atomic E-state index is 12.4. The summed E-state index contributed by atoms with van der Waals surface area (Å²) in [6, 6.07) is 2.60. The maximum Gasteiger partial charge on any atom is 0.534 e. The molecule has 3 heterocycles. The lowest BCUT2D eigenvalue weighted by Crippen LogP contribution is -2.28. The molecule has 6 nitrogen and oxygen atoms in total. The van der Waals surface area contributed by atoms with E-state index in [1.165, 1.54) is 24.7 Å².